The van der Waals surface area contributed by atoms with Crippen LogP contribution in [0.5, 0.6) is 0 Å². The third kappa shape index (κ3) is 3.67. The smallest absolute Gasteiger partial charge is 0.247 e. The van der Waals surface area contributed by atoms with E-state index in [0.29, 0.717) is 16.4 Å². The van der Waals surface area contributed by atoms with E-state index in [0.717, 1.165) is 10.0 Å². The molecule has 1 atom stereocenters. The molecule has 5 nitrogen and oxygen atoms in total. The average Bonchev–Trinajstić information content (AvgIpc) is 2.83. The van der Waals surface area contributed by atoms with E-state index in [1.165, 1.54) is 4.68 Å². The van der Waals surface area contributed by atoms with Crippen molar-refractivity contribution < 1.29 is 4.79 Å². The lowest BCUT2D eigenvalue weighted by atomic mass is 9.85. The summed E-state index contributed by atoms with van der Waals surface area (Å²) >= 11 is 9.43. The zero-order valence-electron chi connectivity index (χ0n) is 13.1. The molecule has 122 valence electrons. The van der Waals surface area contributed by atoms with Gasteiger partial charge in [0, 0.05) is 16.8 Å². The molecule has 0 aliphatic heterocycles. The van der Waals surface area contributed by atoms with Gasteiger partial charge in [0.15, 0.2) is 0 Å². The number of aromatic nitrogens is 2. The highest BCUT2D eigenvalue weighted by molar-refractivity contribution is 9.10. The molecule has 1 aromatic carbocycles. The summed E-state index contributed by atoms with van der Waals surface area (Å²) in [5.74, 6) is -1.77. The molecule has 0 spiro atoms. The maximum atomic E-state index is 12.6. The first-order chi connectivity index (χ1) is 11.4. The number of rotatable bonds is 4. The molecule has 0 saturated carbocycles. The van der Waals surface area contributed by atoms with E-state index in [1.54, 1.807) is 26.0 Å². The van der Waals surface area contributed by atoms with E-state index in [1.807, 2.05) is 24.3 Å². The van der Waals surface area contributed by atoms with Gasteiger partial charge in [0.2, 0.25) is 5.91 Å². The number of aryl methyl sites for hydroxylation is 1. The highest BCUT2D eigenvalue weighted by Crippen LogP contribution is 2.30. The largest absolute Gasteiger partial charge is 0.273 e. The van der Waals surface area contributed by atoms with Crippen molar-refractivity contribution in [3.63, 3.8) is 0 Å². The van der Waals surface area contributed by atoms with Crippen LogP contribution < -0.4 is 0 Å². The molecule has 0 bridgehead atoms. The maximum Gasteiger partial charge on any atom is 0.247 e. The summed E-state index contributed by atoms with van der Waals surface area (Å²) in [7, 11) is 0. The number of benzene rings is 1. The van der Waals surface area contributed by atoms with Crippen molar-refractivity contribution in [3.05, 3.63) is 50.7 Å². The van der Waals surface area contributed by atoms with Crippen LogP contribution in [0.1, 0.15) is 34.1 Å². The monoisotopic (exact) mass is 404 g/mol. The van der Waals surface area contributed by atoms with Crippen molar-refractivity contribution in [1.29, 1.82) is 10.5 Å². The van der Waals surface area contributed by atoms with Crippen LogP contribution in [-0.4, -0.2) is 15.7 Å². The first kappa shape index (κ1) is 18.2. The van der Waals surface area contributed by atoms with Gasteiger partial charge in [0.25, 0.3) is 0 Å². The highest BCUT2D eigenvalue weighted by atomic mass is 79.9. The molecule has 0 aliphatic carbocycles. The third-order valence-electron chi connectivity index (χ3n) is 3.81. The Hall–Kier alpha value is -2.15. The number of hydrogen-bond acceptors (Lipinski definition) is 4. The van der Waals surface area contributed by atoms with Gasteiger partial charge < -0.3 is 0 Å². The summed E-state index contributed by atoms with van der Waals surface area (Å²) in [5.41, 5.74) is 1.88. The molecular weight excluding hydrogens is 392 g/mol. The number of nitriles is 2. The summed E-state index contributed by atoms with van der Waals surface area (Å²) in [6.07, 6.45) is -0.00823. The Morgan fingerprint density at radius 3 is 2.33 bits per heavy atom. The maximum absolute atomic E-state index is 12.6. The van der Waals surface area contributed by atoms with Crippen LogP contribution in [-0.2, 0) is 0 Å². The summed E-state index contributed by atoms with van der Waals surface area (Å²) < 4.78 is 2.13. The van der Waals surface area contributed by atoms with Crippen molar-refractivity contribution in [2.24, 2.45) is 5.92 Å². The van der Waals surface area contributed by atoms with Crippen molar-refractivity contribution in [2.75, 3.05) is 0 Å². The Morgan fingerprint density at radius 1 is 1.29 bits per heavy atom. The van der Waals surface area contributed by atoms with E-state index >= 15 is 0 Å². The van der Waals surface area contributed by atoms with E-state index in [9.17, 15) is 15.3 Å². The molecule has 24 heavy (non-hydrogen) atoms. The second kappa shape index (κ2) is 7.61. The minimum absolute atomic E-state index is 0.00823. The van der Waals surface area contributed by atoms with Gasteiger partial charge in [-0.2, -0.15) is 15.6 Å². The highest BCUT2D eigenvalue weighted by Gasteiger charge is 2.28. The molecule has 1 unspecified atom stereocenters. The third-order valence-corrected chi connectivity index (χ3v) is 4.89. The van der Waals surface area contributed by atoms with E-state index in [4.69, 9.17) is 11.6 Å². The van der Waals surface area contributed by atoms with Gasteiger partial charge in [0.05, 0.1) is 28.5 Å². The Bertz CT molecular complexity index is 831. The average molecular weight is 406 g/mol. The van der Waals surface area contributed by atoms with Crippen LogP contribution in [0.4, 0.5) is 0 Å². The summed E-state index contributed by atoms with van der Waals surface area (Å²) in [6.45, 7) is 3.43. The van der Waals surface area contributed by atoms with Gasteiger partial charge in [-0.1, -0.05) is 39.7 Å². The molecular formula is C17H14BrClN4O. The minimum atomic E-state index is -0.928. The molecule has 1 heterocycles. The standard InChI is InChI=1S/C17H14BrClN4O/c1-10-17(19)11(2)23(22-10)16(24)7-15(13(8-20)9-21)12-3-5-14(18)6-4-12/h3-6,13,15H,7H2,1-2H3. The predicted octanol–water partition coefficient (Wildman–Crippen LogP) is 4.39. The van der Waals surface area contributed by atoms with Gasteiger partial charge in [0.1, 0.15) is 5.92 Å². The number of carbonyl (C=O) groups excluding carboxylic acids is 1. The fraction of sp³-hybridized carbons (Fsp3) is 0.294. The van der Waals surface area contributed by atoms with Crippen LogP contribution in [0.3, 0.4) is 0 Å². The van der Waals surface area contributed by atoms with E-state index in [2.05, 4.69) is 21.0 Å². The molecule has 0 amide bonds. The van der Waals surface area contributed by atoms with Gasteiger partial charge in [-0.05, 0) is 31.5 Å². The lowest BCUT2D eigenvalue weighted by molar-refractivity contribution is 0.0871. The number of halogens is 2. The molecule has 2 rings (SSSR count). The van der Waals surface area contributed by atoms with Crippen molar-refractivity contribution in [1.82, 2.24) is 9.78 Å². The van der Waals surface area contributed by atoms with Crippen molar-refractivity contribution >= 4 is 33.4 Å². The molecule has 0 aliphatic rings. The first-order valence-corrected chi connectivity index (χ1v) is 8.35. The van der Waals surface area contributed by atoms with Crippen LogP contribution >= 0.6 is 27.5 Å². The van der Waals surface area contributed by atoms with Gasteiger partial charge in [-0.15, -0.1) is 0 Å². The number of nitrogens with zero attached hydrogens (tertiary/aromatic N) is 4. The zero-order valence-corrected chi connectivity index (χ0v) is 15.5. The SMILES string of the molecule is Cc1nn(C(=O)CC(c2ccc(Br)cc2)C(C#N)C#N)c(C)c1Cl. The predicted molar refractivity (Wildman–Crippen MR) is 93.6 cm³/mol. The summed E-state index contributed by atoms with van der Waals surface area (Å²) in [6, 6.07) is 11.2. The van der Waals surface area contributed by atoms with E-state index < -0.39 is 11.8 Å². The quantitative estimate of drug-likeness (QED) is 0.755. The van der Waals surface area contributed by atoms with Gasteiger partial charge in [-0.25, -0.2) is 4.68 Å². The molecule has 0 saturated heterocycles. The second-order valence-electron chi connectivity index (χ2n) is 5.39. The number of hydrogen-bond donors (Lipinski definition) is 0. The van der Waals surface area contributed by atoms with Crippen molar-refractivity contribution in [3.8, 4) is 12.1 Å². The summed E-state index contributed by atoms with van der Waals surface area (Å²) in [4.78, 5) is 12.6. The lowest BCUT2D eigenvalue weighted by Crippen LogP contribution is -2.21. The minimum Gasteiger partial charge on any atom is -0.273 e. The van der Waals surface area contributed by atoms with Crippen LogP contribution in [0, 0.1) is 42.4 Å². The Labute approximate surface area is 153 Å². The van der Waals surface area contributed by atoms with Gasteiger partial charge in [-0.3, -0.25) is 4.79 Å². The molecule has 0 N–H and O–H groups in total. The normalized spacial score (nSPS) is 11.8. The topological polar surface area (TPSA) is 82.5 Å². The fourth-order valence-electron chi connectivity index (χ4n) is 2.49. The van der Waals surface area contributed by atoms with Crippen LogP contribution in [0.2, 0.25) is 5.02 Å². The molecule has 7 heteroatoms. The summed E-state index contributed by atoms with van der Waals surface area (Å²) in [5, 5.41) is 23.1. The Balaban J connectivity index is 2.36. The molecule has 1 aromatic heterocycles. The second-order valence-corrected chi connectivity index (χ2v) is 6.68. The van der Waals surface area contributed by atoms with Crippen LogP contribution in [0.25, 0.3) is 0 Å². The fourth-order valence-corrected chi connectivity index (χ4v) is 2.87. The zero-order chi connectivity index (χ0) is 17.9. The molecule has 0 radical (unpaired) electrons. The first-order valence-electron chi connectivity index (χ1n) is 7.18. The number of carbonyl (C=O) groups is 1. The van der Waals surface area contributed by atoms with Crippen molar-refractivity contribution in [2.45, 2.75) is 26.2 Å². The Kier molecular flexibility index (Phi) is 5.77. The van der Waals surface area contributed by atoms with Gasteiger partial charge >= 0.3 is 0 Å². The van der Waals surface area contributed by atoms with Crippen LogP contribution in [0.15, 0.2) is 28.7 Å². The molecule has 0 fully saturated rings. The van der Waals surface area contributed by atoms with E-state index in [-0.39, 0.29) is 12.3 Å². The molecule has 2 aromatic rings. The lowest BCUT2D eigenvalue weighted by Gasteiger charge is -2.17. The Morgan fingerprint density at radius 2 is 1.88 bits per heavy atom.